The van der Waals surface area contributed by atoms with Gasteiger partial charge in [-0.2, -0.15) is 0 Å². The smallest absolute Gasteiger partial charge is 0.407 e. The van der Waals surface area contributed by atoms with Crippen LogP contribution in [-0.2, 0) is 11.3 Å². The molecule has 4 nitrogen and oxygen atoms in total. The molecule has 0 spiro atoms. The number of rotatable bonds is 6. The van der Waals surface area contributed by atoms with Crippen LogP contribution in [0.15, 0.2) is 40.9 Å². The first kappa shape index (κ1) is 17.7. The number of amides is 1. The summed E-state index contributed by atoms with van der Waals surface area (Å²) < 4.78 is 6.21. The van der Waals surface area contributed by atoms with Crippen LogP contribution >= 0.6 is 15.9 Å². The monoisotopic (exact) mass is 354 g/mol. The van der Waals surface area contributed by atoms with E-state index in [1.165, 1.54) is 5.56 Å². The fourth-order valence-electron chi connectivity index (χ4n) is 1.53. The van der Waals surface area contributed by atoms with Crippen molar-refractivity contribution in [2.75, 3.05) is 13.1 Å². The standard InChI is InChI=1S/C16H23BrN2O2/c1-16(2,3)21-15(20)19-11-5-4-10-18-12-13-6-8-14(17)9-7-13/h4-9,18H,10-12H2,1-3H3,(H,19,20)/b5-4+. The van der Waals surface area contributed by atoms with Crippen molar-refractivity contribution in [3.05, 3.63) is 46.5 Å². The van der Waals surface area contributed by atoms with Crippen molar-refractivity contribution in [2.45, 2.75) is 32.9 Å². The van der Waals surface area contributed by atoms with Gasteiger partial charge in [0.2, 0.25) is 0 Å². The van der Waals surface area contributed by atoms with Crippen molar-refractivity contribution < 1.29 is 9.53 Å². The highest BCUT2D eigenvalue weighted by atomic mass is 79.9. The summed E-state index contributed by atoms with van der Waals surface area (Å²) in [6.45, 7) is 7.56. The Balaban J connectivity index is 2.10. The van der Waals surface area contributed by atoms with Gasteiger partial charge in [-0.05, 0) is 38.5 Å². The molecular formula is C16H23BrN2O2. The van der Waals surface area contributed by atoms with Crippen molar-refractivity contribution in [3.63, 3.8) is 0 Å². The van der Waals surface area contributed by atoms with Crippen LogP contribution in [0.4, 0.5) is 4.79 Å². The van der Waals surface area contributed by atoms with Gasteiger partial charge in [0.1, 0.15) is 5.60 Å². The Kier molecular flexibility index (Phi) is 7.47. The van der Waals surface area contributed by atoms with Crippen molar-refractivity contribution >= 4 is 22.0 Å². The summed E-state index contributed by atoms with van der Waals surface area (Å²) in [7, 11) is 0. The predicted octanol–water partition coefficient (Wildman–Crippen LogP) is 3.62. The van der Waals surface area contributed by atoms with Crippen LogP contribution in [0, 0.1) is 0 Å². The van der Waals surface area contributed by atoms with E-state index >= 15 is 0 Å². The number of halogens is 1. The Morgan fingerprint density at radius 1 is 1.19 bits per heavy atom. The summed E-state index contributed by atoms with van der Waals surface area (Å²) in [6, 6.07) is 8.20. The lowest BCUT2D eigenvalue weighted by atomic mass is 10.2. The summed E-state index contributed by atoms with van der Waals surface area (Å²) in [5.74, 6) is 0. The molecule has 0 aliphatic rings. The maximum atomic E-state index is 11.4. The zero-order valence-electron chi connectivity index (χ0n) is 12.8. The van der Waals surface area contributed by atoms with Gasteiger partial charge in [0.05, 0.1) is 0 Å². The van der Waals surface area contributed by atoms with Crippen LogP contribution in [-0.4, -0.2) is 24.8 Å². The number of hydrogen-bond acceptors (Lipinski definition) is 3. The molecule has 0 saturated heterocycles. The van der Waals surface area contributed by atoms with Gasteiger partial charge in [-0.3, -0.25) is 0 Å². The van der Waals surface area contributed by atoms with Gasteiger partial charge in [-0.15, -0.1) is 0 Å². The quantitative estimate of drug-likeness (QED) is 0.605. The molecule has 0 radical (unpaired) electrons. The molecule has 0 fully saturated rings. The van der Waals surface area contributed by atoms with Crippen molar-refractivity contribution in [1.82, 2.24) is 10.6 Å². The molecule has 0 aromatic heterocycles. The summed E-state index contributed by atoms with van der Waals surface area (Å²) >= 11 is 3.41. The number of alkyl carbamates (subject to hydrolysis) is 1. The first-order chi connectivity index (χ1) is 9.87. The molecule has 116 valence electrons. The SMILES string of the molecule is CC(C)(C)OC(=O)NC/C=C/CNCc1ccc(Br)cc1. The van der Waals surface area contributed by atoms with E-state index in [9.17, 15) is 4.79 Å². The number of carbonyl (C=O) groups excluding carboxylic acids is 1. The molecule has 1 rings (SSSR count). The van der Waals surface area contributed by atoms with Gasteiger partial charge >= 0.3 is 6.09 Å². The minimum atomic E-state index is -0.458. The summed E-state index contributed by atoms with van der Waals surface area (Å²) in [5.41, 5.74) is 0.776. The van der Waals surface area contributed by atoms with Crippen LogP contribution in [0.5, 0.6) is 0 Å². The van der Waals surface area contributed by atoms with Crippen LogP contribution < -0.4 is 10.6 Å². The highest BCUT2D eigenvalue weighted by molar-refractivity contribution is 9.10. The number of ether oxygens (including phenoxy) is 1. The Hall–Kier alpha value is -1.33. The lowest BCUT2D eigenvalue weighted by Crippen LogP contribution is -2.32. The Morgan fingerprint density at radius 2 is 1.81 bits per heavy atom. The zero-order chi connectivity index (χ0) is 15.7. The van der Waals surface area contributed by atoms with E-state index in [0.717, 1.165) is 17.6 Å². The van der Waals surface area contributed by atoms with E-state index in [-0.39, 0.29) is 0 Å². The van der Waals surface area contributed by atoms with Gasteiger partial charge in [0.25, 0.3) is 0 Å². The molecule has 21 heavy (non-hydrogen) atoms. The van der Waals surface area contributed by atoms with Gasteiger partial charge in [0, 0.05) is 24.1 Å². The summed E-state index contributed by atoms with van der Waals surface area (Å²) in [4.78, 5) is 11.4. The topological polar surface area (TPSA) is 50.4 Å². The Labute approximate surface area is 135 Å². The molecule has 0 aliphatic carbocycles. The van der Waals surface area contributed by atoms with E-state index < -0.39 is 11.7 Å². The van der Waals surface area contributed by atoms with E-state index in [2.05, 4.69) is 38.7 Å². The molecule has 2 N–H and O–H groups in total. The van der Waals surface area contributed by atoms with E-state index in [1.54, 1.807) is 0 Å². The number of nitrogens with one attached hydrogen (secondary N) is 2. The van der Waals surface area contributed by atoms with Crippen molar-refractivity contribution in [1.29, 1.82) is 0 Å². The molecule has 0 heterocycles. The molecule has 5 heteroatoms. The predicted molar refractivity (Wildman–Crippen MR) is 89.2 cm³/mol. The molecule has 1 amide bonds. The molecule has 1 aromatic rings. The maximum Gasteiger partial charge on any atom is 0.407 e. The second kappa shape index (κ2) is 8.85. The molecule has 0 bridgehead atoms. The van der Waals surface area contributed by atoms with Crippen LogP contribution in [0.25, 0.3) is 0 Å². The third-order valence-electron chi connectivity index (χ3n) is 2.43. The van der Waals surface area contributed by atoms with Crippen molar-refractivity contribution in [2.24, 2.45) is 0 Å². The Bertz CT molecular complexity index is 464. The Morgan fingerprint density at radius 3 is 2.43 bits per heavy atom. The lowest BCUT2D eigenvalue weighted by molar-refractivity contribution is 0.0534. The zero-order valence-corrected chi connectivity index (χ0v) is 14.4. The van der Waals surface area contributed by atoms with E-state index in [1.807, 2.05) is 45.1 Å². The van der Waals surface area contributed by atoms with Gasteiger partial charge < -0.3 is 15.4 Å². The maximum absolute atomic E-state index is 11.4. The first-order valence-corrected chi connectivity index (χ1v) is 7.73. The molecule has 0 saturated carbocycles. The molecule has 0 unspecified atom stereocenters. The largest absolute Gasteiger partial charge is 0.444 e. The molecule has 0 atom stereocenters. The van der Waals surface area contributed by atoms with Gasteiger partial charge in [-0.1, -0.05) is 40.2 Å². The second-order valence-corrected chi connectivity index (χ2v) is 6.53. The third kappa shape index (κ3) is 9.26. The third-order valence-corrected chi connectivity index (χ3v) is 2.96. The minimum Gasteiger partial charge on any atom is -0.444 e. The minimum absolute atomic E-state index is 0.394. The highest BCUT2D eigenvalue weighted by Crippen LogP contribution is 2.10. The first-order valence-electron chi connectivity index (χ1n) is 6.94. The normalized spacial score (nSPS) is 11.6. The molecule has 1 aromatic carbocycles. The van der Waals surface area contributed by atoms with Crippen molar-refractivity contribution in [3.8, 4) is 0 Å². The average Bonchev–Trinajstić information content (AvgIpc) is 2.37. The number of hydrogen-bond donors (Lipinski definition) is 2. The van der Waals surface area contributed by atoms with E-state index in [4.69, 9.17) is 4.74 Å². The average molecular weight is 355 g/mol. The van der Waals surface area contributed by atoms with Crippen LogP contribution in [0.2, 0.25) is 0 Å². The van der Waals surface area contributed by atoms with Crippen LogP contribution in [0.1, 0.15) is 26.3 Å². The number of carbonyl (C=O) groups is 1. The van der Waals surface area contributed by atoms with E-state index in [0.29, 0.717) is 6.54 Å². The molecular weight excluding hydrogens is 332 g/mol. The summed E-state index contributed by atoms with van der Waals surface area (Å²) in [6.07, 6.45) is 3.49. The highest BCUT2D eigenvalue weighted by Gasteiger charge is 2.14. The van der Waals surface area contributed by atoms with Crippen LogP contribution in [0.3, 0.4) is 0 Å². The van der Waals surface area contributed by atoms with Gasteiger partial charge in [-0.25, -0.2) is 4.79 Å². The number of benzene rings is 1. The fourth-order valence-corrected chi connectivity index (χ4v) is 1.79. The van der Waals surface area contributed by atoms with Gasteiger partial charge in [0.15, 0.2) is 0 Å². The summed E-state index contributed by atoms with van der Waals surface area (Å²) in [5, 5.41) is 5.97. The lowest BCUT2D eigenvalue weighted by Gasteiger charge is -2.19. The fraction of sp³-hybridized carbons (Fsp3) is 0.438. The second-order valence-electron chi connectivity index (χ2n) is 5.61. The molecule has 0 aliphatic heterocycles.